The van der Waals surface area contributed by atoms with Gasteiger partial charge in [-0.2, -0.15) is 10.1 Å². The first kappa shape index (κ1) is 24.5. The Morgan fingerprint density at radius 2 is 1.58 bits per heavy atom. The topological polar surface area (TPSA) is 94.3 Å². The third-order valence-electron chi connectivity index (χ3n) is 5.97. The van der Waals surface area contributed by atoms with Crippen LogP contribution in [0.5, 0.6) is 11.5 Å². The van der Waals surface area contributed by atoms with Crippen LogP contribution in [0.3, 0.4) is 0 Å². The van der Waals surface area contributed by atoms with Crippen molar-refractivity contribution < 1.29 is 19.2 Å². The number of hydrogen-bond donors (Lipinski definition) is 0. The summed E-state index contributed by atoms with van der Waals surface area (Å²) < 4.78 is 11.5. The Bertz CT molecular complexity index is 1530. The molecule has 0 fully saturated rings. The van der Waals surface area contributed by atoms with Gasteiger partial charge in [0.1, 0.15) is 12.3 Å². The number of benzene rings is 4. The van der Waals surface area contributed by atoms with Crippen LogP contribution >= 0.6 is 0 Å². The van der Waals surface area contributed by atoms with E-state index in [0.717, 1.165) is 16.7 Å². The van der Waals surface area contributed by atoms with Crippen molar-refractivity contribution in [3.8, 4) is 11.5 Å². The zero-order valence-corrected chi connectivity index (χ0v) is 20.5. The van der Waals surface area contributed by atoms with Crippen LogP contribution in [0.4, 0.5) is 11.4 Å². The highest BCUT2D eigenvalue weighted by molar-refractivity contribution is 6.37. The van der Waals surface area contributed by atoms with Crippen LogP contribution in [0.1, 0.15) is 16.7 Å². The van der Waals surface area contributed by atoms with Crippen molar-refractivity contribution in [2.75, 3.05) is 12.1 Å². The highest BCUT2D eigenvalue weighted by Gasteiger charge is 2.32. The maximum atomic E-state index is 13.5. The van der Waals surface area contributed by atoms with Gasteiger partial charge in [-0.15, -0.1) is 0 Å². The molecular formula is C30H23N3O5. The second kappa shape index (κ2) is 10.8. The monoisotopic (exact) mass is 505 g/mol. The fourth-order valence-corrected chi connectivity index (χ4v) is 4.04. The minimum atomic E-state index is -0.486. The molecule has 0 aliphatic carbocycles. The van der Waals surface area contributed by atoms with Gasteiger partial charge in [0.25, 0.3) is 11.6 Å². The number of carbonyl (C=O) groups is 1. The third kappa shape index (κ3) is 5.15. The quantitative estimate of drug-likeness (QED) is 0.166. The van der Waals surface area contributed by atoms with E-state index < -0.39 is 4.92 Å². The van der Waals surface area contributed by atoms with Crippen molar-refractivity contribution in [2.24, 2.45) is 5.10 Å². The summed E-state index contributed by atoms with van der Waals surface area (Å²) in [6, 6.07) is 30.4. The summed E-state index contributed by atoms with van der Waals surface area (Å²) in [5.41, 5.74) is 3.78. The Morgan fingerprint density at radius 1 is 0.895 bits per heavy atom. The van der Waals surface area contributed by atoms with E-state index in [9.17, 15) is 14.9 Å². The molecule has 0 bridgehead atoms. The van der Waals surface area contributed by atoms with E-state index in [-0.39, 0.29) is 11.6 Å². The normalized spacial score (nSPS) is 13.9. The predicted molar refractivity (Wildman–Crippen MR) is 145 cm³/mol. The van der Waals surface area contributed by atoms with Crippen molar-refractivity contribution in [3.63, 3.8) is 0 Å². The van der Waals surface area contributed by atoms with E-state index in [1.807, 2.05) is 66.7 Å². The number of nitro benzene ring substituents is 1. The maximum absolute atomic E-state index is 13.5. The van der Waals surface area contributed by atoms with Gasteiger partial charge < -0.3 is 9.47 Å². The zero-order chi connectivity index (χ0) is 26.5. The van der Waals surface area contributed by atoms with Crippen LogP contribution < -0.4 is 14.5 Å². The molecule has 0 radical (unpaired) electrons. The lowest BCUT2D eigenvalue weighted by Gasteiger charge is -2.12. The first-order valence-electron chi connectivity index (χ1n) is 11.8. The third-order valence-corrected chi connectivity index (χ3v) is 5.97. The number of nitrogens with zero attached hydrogens (tertiary/aromatic N) is 3. The largest absolute Gasteiger partial charge is 0.493 e. The van der Waals surface area contributed by atoms with E-state index in [0.29, 0.717) is 35.1 Å². The molecule has 38 heavy (non-hydrogen) atoms. The number of hydrogen-bond acceptors (Lipinski definition) is 6. The second-order valence-electron chi connectivity index (χ2n) is 8.45. The Labute approximate surface area is 219 Å². The van der Waals surface area contributed by atoms with E-state index in [1.54, 1.807) is 25.3 Å². The summed E-state index contributed by atoms with van der Waals surface area (Å²) in [6.07, 6.45) is 1.75. The van der Waals surface area contributed by atoms with Gasteiger partial charge in [0.15, 0.2) is 11.5 Å². The Hall–Kier alpha value is -5.24. The molecule has 4 aromatic rings. The van der Waals surface area contributed by atoms with Gasteiger partial charge in [-0.05, 0) is 41.5 Å². The van der Waals surface area contributed by atoms with E-state index >= 15 is 0 Å². The molecule has 1 aliphatic rings. The summed E-state index contributed by atoms with van der Waals surface area (Å²) in [5.74, 6) is 0.771. The molecule has 0 saturated heterocycles. The van der Waals surface area contributed by atoms with Gasteiger partial charge >= 0.3 is 0 Å². The number of methoxy groups -OCH3 is 1. The SMILES string of the molecule is COc1cc(/C=C2/C(=O)N(c3ccc([N+](=O)[O-])cc3)N=C2c2ccccc2)ccc1OCc1ccccc1. The maximum Gasteiger partial charge on any atom is 0.281 e. The van der Waals surface area contributed by atoms with Gasteiger partial charge in [-0.1, -0.05) is 66.7 Å². The highest BCUT2D eigenvalue weighted by atomic mass is 16.6. The van der Waals surface area contributed by atoms with Crippen LogP contribution in [0.25, 0.3) is 6.08 Å². The molecule has 0 aromatic heterocycles. The van der Waals surface area contributed by atoms with Crippen molar-refractivity contribution in [1.82, 2.24) is 0 Å². The molecule has 0 saturated carbocycles. The minimum absolute atomic E-state index is 0.0647. The smallest absolute Gasteiger partial charge is 0.281 e. The molecule has 4 aromatic carbocycles. The van der Waals surface area contributed by atoms with E-state index in [2.05, 4.69) is 5.10 Å². The molecule has 1 amide bonds. The molecule has 1 aliphatic heterocycles. The molecule has 1 heterocycles. The number of non-ortho nitro benzene ring substituents is 1. The van der Waals surface area contributed by atoms with Crippen molar-refractivity contribution in [2.45, 2.75) is 6.61 Å². The Kier molecular flexibility index (Phi) is 6.95. The number of hydrazone groups is 1. The predicted octanol–water partition coefficient (Wildman–Crippen LogP) is 6.02. The van der Waals surface area contributed by atoms with Crippen molar-refractivity contribution in [3.05, 3.63) is 136 Å². The minimum Gasteiger partial charge on any atom is -0.493 e. The average molecular weight is 506 g/mol. The van der Waals surface area contributed by atoms with Gasteiger partial charge in [-0.25, -0.2) is 0 Å². The van der Waals surface area contributed by atoms with E-state index in [1.165, 1.54) is 29.3 Å². The van der Waals surface area contributed by atoms with E-state index in [4.69, 9.17) is 9.47 Å². The van der Waals surface area contributed by atoms with Crippen LogP contribution in [0.15, 0.2) is 114 Å². The van der Waals surface area contributed by atoms with Crippen LogP contribution in [0, 0.1) is 10.1 Å². The van der Waals surface area contributed by atoms with Gasteiger partial charge in [0.2, 0.25) is 0 Å². The lowest BCUT2D eigenvalue weighted by molar-refractivity contribution is -0.384. The number of carbonyl (C=O) groups excluding carboxylic acids is 1. The first-order chi connectivity index (χ1) is 18.5. The first-order valence-corrected chi connectivity index (χ1v) is 11.8. The Balaban J connectivity index is 1.47. The van der Waals surface area contributed by atoms with Gasteiger partial charge in [0, 0.05) is 17.7 Å². The van der Waals surface area contributed by atoms with Gasteiger partial charge in [0.05, 0.1) is 23.3 Å². The lowest BCUT2D eigenvalue weighted by Crippen LogP contribution is -2.21. The second-order valence-corrected chi connectivity index (χ2v) is 8.45. The van der Waals surface area contributed by atoms with Crippen molar-refractivity contribution >= 4 is 29.1 Å². The lowest BCUT2D eigenvalue weighted by atomic mass is 10.00. The van der Waals surface area contributed by atoms with Crippen molar-refractivity contribution in [1.29, 1.82) is 0 Å². The van der Waals surface area contributed by atoms with Gasteiger partial charge in [-0.3, -0.25) is 14.9 Å². The van der Waals surface area contributed by atoms with Crippen LogP contribution in [-0.4, -0.2) is 23.7 Å². The number of amides is 1. The molecule has 0 N–H and O–H groups in total. The number of anilines is 1. The molecule has 0 unspecified atom stereocenters. The summed E-state index contributed by atoms with van der Waals surface area (Å²) >= 11 is 0. The van der Waals surface area contributed by atoms with Crippen LogP contribution in [-0.2, 0) is 11.4 Å². The summed E-state index contributed by atoms with van der Waals surface area (Å²) in [5, 5.41) is 16.9. The highest BCUT2D eigenvalue weighted by Crippen LogP contribution is 2.32. The molecular weight excluding hydrogens is 482 g/mol. The number of rotatable bonds is 8. The van der Waals surface area contributed by atoms with Crippen LogP contribution in [0.2, 0.25) is 0 Å². The molecule has 8 nitrogen and oxygen atoms in total. The zero-order valence-electron chi connectivity index (χ0n) is 20.5. The molecule has 5 rings (SSSR count). The summed E-state index contributed by atoms with van der Waals surface area (Å²) in [7, 11) is 1.57. The number of ether oxygens (including phenoxy) is 2. The molecule has 188 valence electrons. The molecule has 8 heteroatoms. The average Bonchev–Trinajstić information content (AvgIpc) is 3.28. The summed E-state index contributed by atoms with van der Waals surface area (Å²) in [6.45, 7) is 0.394. The fraction of sp³-hybridized carbons (Fsp3) is 0.0667. The fourth-order valence-electron chi connectivity index (χ4n) is 4.04. The number of nitro groups is 1. The molecule has 0 atom stereocenters. The Morgan fingerprint density at radius 3 is 2.24 bits per heavy atom. The molecule has 0 spiro atoms. The summed E-state index contributed by atoms with van der Waals surface area (Å²) in [4.78, 5) is 24.1. The standard InChI is InChI=1S/C30H23N3O5/c1-37-28-19-22(12-17-27(28)38-20-21-8-4-2-5-9-21)18-26-29(23-10-6-3-7-11-23)31-32(30(26)34)24-13-15-25(16-14-24)33(35)36/h2-19H,20H2,1H3/b26-18+.